The molecule has 1 aromatic heterocycles. The molecule has 0 atom stereocenters. The van der Waals surface area contributed by atoms with Gasteiger partial charge in [0.1, 0.15) is 6.61 Å². The Morgan fingerprint density at radius 1 is 1.12 bits per heavy atom. The van der Waals surface area contributed by atoms with E-state index in [4.69, 9.17) is 10.5 Å². The number of rotatable bonds is 3. The molecule has 17 heavy (non-hydrogen) atoms. The summed E-state index contributed by atoms with van der Waals surface area (Å²) < 4.78 is 31.5. The molecule has 5 heteroatoms. The Kier molecular flexibility index (Phi) is 3.18. The molecule has 0 amide bonds. The summed E-state index contributed by atoms with van der Waals surface area (Å²) in [5, 5.41) is 0. The average molecular weight is 236 g/mol. The fraction of sp³-hybridized carbons (Fsp3) is 0.0833. The lowest BCUT2D eigenvalue weighted by Gasteiger charge is -2.10. The number of anilines is 1. The first kappa shape index (κ1) is 11.3. The summed E-state index contributed by atoms with van der Waals surface area (Å²) in [6.07, 6.45) is 3.17. The lowest BCUT2D eigenvalue weighted by atomic mass is 10.2. The molecule has 0 radical (unpaired) electrons. The van der Waals surface area contributed by atoms with E-state index < -0.39 is 11.6 Å². The maximum atomic E-state index is 13.4. The normalized spacial score (nSPS) is 10.2. The first-order valence-corrected chi connectivity index (χ1v) is 4.93. The van der Waals surface area contributed by atoms with Crippen LogP contribution in [0.3, 0.4) is 0 Å². The van der Waals surface area contributed by atoms with Crippen LogP contribution >= 0.6 is 0 Å². The number of nitrogen functional groups attached to an aromatic ring is 1. The number of aromatic nitrogens is 1. The average Bonchev–Trinajstić information content (AvgIpc) is 2.35. The van der Waals surface area contributed by atoms with Gasteiger partial charge in [-0.15, -0.1) is 0 Å². The minimum atomic E-state index is -1.07. The van der Waals surface area contributed by atoms with Crippen molar-refractivity contribution in [2.24, 2.45) is 0 Å². The van der Waals surface area contributed by atoms with Gasteiger partial charge in [-0.2, -0.15) is 4.39 Å². The lowest BCUT2D eigenvalue weighted by molar-refractivity contribution is 0.286. The monoisotopic (exact) mass is 236 g/mol. The Morgan fingerprint density at radius 2 is 1.82 bits per heavy atom. The Balaban J connectivity index is 2.17. The molecule has 0 spiro atoms. The number of hydrogen-bond donors (Lipinski definition) is 1. The van der Waals surface area contributed by atoms with Crippen molar-refractivity contribution >= 4 is 5.69 Å². The number of benzene rings is 1. The van der Waals surface area contributed by atoms with Gasteiger partial charge in [0.15, 0.2) is 11.6 Å². The van der Waals surface area contributed by atoms with Crippen molar-refractivity contribution in [1.82, 2.24) is 4.98 Å². The Hall–Kier alpha value is -2.17. The van der Waals surface area contributed by atoms with Crippen LogP contribution in [0.2, 0.25) is 0 Å². The van der Waals surface area contributed by atoms with Crippen molar-refractivity contribution in [3.63, 3.8) is 0 Å². The highest BCUT2D eigenvalue weighted by Gasteiger charge is 2.13. The molecule has 0 unspecified atom stereocenters. The number of pyridine rings is 1. The van der Waals surface area contributed by atoms with Gasteiger partial charge < -0.3 is 10.5 Å². The molecular formula is C12H10F2N2O. The van der Waals surface area contributed by atoms with E-state index >= 15 is 0 Å². The van der Waals surface area contributed by atoms with E-state index in [2.05, 4.69) is 4.98 Å². The standard InChI is InChI=1S/C12H10F2N2O/c13-9-1-2-10(15)12(11(9)14)17-7-8-3-5-16-6-4-8/h1-6H,7,15H2. The predicted octanol–water partition coefficient (Wildman–Crippen LogP) is 2.52. The molecule has 0 aliphatic carbocycles. The zero-order valence-electron chi connectivity index (χ0n) is 8.86. The zero-order valence-corrected chi connectivity index (χ0v) is 8.86. The second-order valence-corrected chi connectivity index (χ2v) is 3.42. The van der Waals surface area contributed by atoms with Crippen LogP contribution in [0.1, 0.15) is 5.56 Å². The number of nitrogens with zero attached hydrogens (tertiary/aromatic N) is 1. The van der Waals surface area contributed by atoms with Gasteiger partial charge >= 0.3 is 0 Å². The van der Waals surface area contributed by atoms with Gasteiger partial charge in [-0.1, -0.05) is 0 Å². The van der Waals surface area contributed by atoms with Gasteiger partial charge in [0.25, 0.3) is 0 Å². The van der Waals surface area contributed by atoms with Crippen molar-refractivity contribution in [2.45, 2.75) is 6.61 Å². The van der Waals surface area contributed by atoms with E-state index in [1.54, 1.807) is 24.5 Å². The van der Waals surface area contributed by atoms with Gasteiger partial charge in [-0.3, -0.25) is 4.98 Å². The molecule has 1 heterocycles. The molecule has 3 nitrogen and oxygen atoms in total. The van der Waals surface area contributed by atoms with Gasteiger partial charge in [0.2, 0.25) is 5.82 Å². The molecule has 0 aliphatic heterocycles. The van der Waals surface area contributed by atoms with Crippen molar-refractivity contribution < 1.29 is 13.5 Å². The molecule has 0 bridgehead atoms. The summed E-state index contributed by atoms with van der Waals surface area (Å²) in [5.74, 6) is -2.32. The molecule has 2 N–H and O–H groups in total. The topological polar surface area (TPSA) is 48.1 Å². The molecule has 0 saturated heterocycles. The summed E-state index contributed by atoms with van der Waals surface area (Å²) >= 11 is 0. The van der Waals surface area contributed by atoms with E-state index in [0.717, 1.165) is 11.6 Å². The third-order valence-electron chi connectivity index (χ3n) is 2.21. The van der Waals surface area contributed by atoms with E-state index in [-0.39, 0.29) is 18.0 Å². The second-order valence-electron chi connectivity index (χ2n) is 3.42. The van der Waals surface area contributed by atoms with Crippen LogP contribution < -0.4 is 10.5 Å². The number of ether oxygens (including phenoxy) is 1. The van der Waals surface area contributed by atoms with Crippen LogP contribution in [0.15, 0.2) is 36.7 Å². The van der Waals surface area contributed by atoms with Gasteiger partial charge in [-0.25, -0.2) is 4.39 Å². The van der Waals surface area contributed by atoms with E-state index in [1.807, 2.05) is 0 Å². The van der Waals surface area contributed by atoms with Crippen molar-refractivity contribution in [3.05, 3.63) is 53.9 Å². The van der Waals surface area contributed by atoms with E-state index in [1.165, 1.54) is 6.07 Å². The van der Waals surface area contributed by atoms with Crippen LogP contribution in [-0.4, -0.2) is 4.98 Å². The van der Waals surface area contributed by atoms with Crippen LogP contribution in [0.5, 0.6) is 5.75 Å². The van der Waals surface area contributed by atoms with Crippen LogP contribution in [0.25, 0.3) is 0 Å². The van der Waals surface area contributed by atoms with Crippen LogP contribution in [0.4, 0.5) is 14.5 Å². The largest absolute Gasteiger partial charge is 0.484 e. The molecule has 1 aromatic carbocycles. The smallest absolute Gasteiger partial charge is 0.202 e. The third-order valence-corrected chi connectivity index (χ3v) is 2.21. The molecule has 2 aromatic rings. The van der Waals surface area contributed by atoms with E-state index in [0.29, 0.717) is 0 Å². The third kappa shape index (κ3) is 2.50. The molecule has 0 aliphatic rings. The van der Waals surface area contributed by atoms with Crippen LogP contribution in [-0.2, 0) is 6.61 Å². The van der Waals surface area contributed by atoms with Gasteiger partial charge in [0, 0.05) is 12.4 Å². The Labute approximate surface area is 96.9 Å². The van der Waals surface area contributed by atoms with Crippen molar-refractivity contribution in [1.29, 1.82) is 0 Å². The number of hydrogen-bond acceptors (Lipinski definition) is 3. The summed E-state index contributed by atoms with van der Waals surface area (Å²) in [4.78, 5) is 3.84. The van der Waals surface area contributed by atoms with Gasteiger partial charge in [-0.05, 0) is 29.8 Å². The molecule has 0 fully saturated rings. The molecule has 2 rings (SSSR count). The number of nitrogens with two attached hydrogens (primary N) is 1. The second kappa shape index (κ2) is 4.78. The Bertz CT molecular complexity index is 517. The maximum absolute atomic E-state index is 13.4. The number of halogens is 2. The summed E-state index contributed by atoms with van der Waals surface area (Å²) in [5.41, 5.74) is 6.37. The van der Waals surface area contributed by atoms with Gasteiger partial charge in [0.05, 0.1) is 5.69 Å². The molecule has 88 valence electrons. The highest BCUT2D eigenvalue weighted by Crippen LogP contribution is 2.27. The van der Waals surface area contributed by atoms with Crippen molar-refractivity contribution in [3.8, 4) is 5.75 Å². The summed E-state index contributed by atoms with van der Waals surface area (Å²) in [6, 6.07) is 5.66. The fourth-order valence-electron chi connectivity index (χ4n) is 1.33. The molecular weight excluding hydrogens is 226 g/mol. The van der Waals surface area contributed by atoms with E-state index in [9.17, 15) is 8.78 Å². The highest BCUT2D eigenvalue weighted by molar-refractivity contribution is 5.53. The first-order chi connectivity index (χ1) is 8.18. The molecule has 0 saturated carbocycles. The zero-order chi connectivity index (χ0) is 12.3. The first-order valence-electron chi connectivity index (χ1n) is 4.93. The summed E-state index contributed by atoms with van der Waals surface area (Å²) in [7, 11) is 0. The quantitative estimate of drug-likeness (QED) is 0.833. The van der Waals surface area contributed by atoms with Crippen molar-refractivity contribution in [2.75, 3.05) is 5.73 Å². The highest BCUT2D eigenvalue weighted by atomic mass is 19.2. The maximum Gasteiger partial charge on any atom is 0.202 e. The lowest BCUT2D eigenvalue weighted by Crippen LogP contribution is -2.02. The minimum absolute atomic E-state index is 0.0676. The van der Waals surface area contributed by atoms with Crippen LogP contribution in [0, 0.1) is 11.6 Å². The minimum Gasteiger partial charge on any atom is -0.484 e. The SMILES string of the molecule is Nc1ccc(F)c(F)c1OCc1ccncc1. The predicted molar refractivity (Wildman–Crippen MR) is 59.3 cm³/mol. The Morgan fingerprint density at radius 3 is 2.53 bits per heavy atom. The fourth-order valence-corrected chi connectivity index (χ4v) is 1.33. The summed E-state index contributed by atoms with van der Waals surface area (Å²) in [6.45, 7) is 0.104.